The number of fused-ring (bicyclic) bond motifs is 1. The first-order valence-electron chi connectivity index (χ1n) is 5.20. The van der Waals surface area contributed by atoms with E-state index in [1.807, 2.05) is 18.2 Å². The Morgan fingerprint density at radius 3 is 3.06 bits per heavy atom. The van der Waals surface area contributed by atoms with Crippen molar-refractivity contribution in [2.24, 2.45) is 0 Å². The molecule has 0 aromatic heterocycles. The number of Topliss-reactive ketones (excluding diaryl/α,β-unsaturated/α-hetero) is 1. The number of hydrogen-bond acceptors (Lipinski definition) is 3. The summed E-state index contributed by atoms with van der Waals surface area (Å²) < 4.78 is 0. The summed E-state index contributed by atoms with van der Waals surface area (Å²) in [6.07, 6.45) is 0.612. The van der Waals surface area contributed by atoms with Crippen LogP contribution in [0.5, 0.6) is 0 Å². The van der Waals surface area contributed by atoms with Crippen molar-refractivity contribution >= 4 is 23.5 Å². The first kappa shape index (κ1) is 11.2. The van der Waals surface area contributed by atoms with Gasteiger partial charge in [0.1, 0.15) is 0 Å². The SMILES string of the molecule is CC(=O)NCc1ccc2c(c1)C(=O)CCS2. The second kappa shape index (κ2) is 4.70. The van der Waals surface area contributed by atoms with Crippen molar-refractivity contribution in [2.45, 2.75) is 24.8 Å². The third-order valence-corrected chi connectivity index (χ3v) is 3.55. The highest BCUT2D eigenvalue weighted by atomic mass is 32.2. The minimum atomic E-state index is -0.0570. The molecule has 0 aliphatic carbocycles. The van der Waals surface area contributed by atoms with Crippen LogP contribution in [0.2, 0.25) is 0 Å². The summed E-state index contributed by atoms with van der Waals surface area (Å²) >= 11 is 1.72. The summed E-state index contributed by atoms with van der Waals surface area (Å²) in [5, 5.41) is 2.73. The van der Waals surface area contributed by atoms with Gasteiger partial charge in [0, 0.05) is 36.1 Å². The number of benzene rings is 1. The molecule has 16 heavy (non-hydrogen) atoms. The van der Waals surface area contributed by atoms with Crippen LogP contribution in [0.25, 0.3) is 0 Å². The summed E-state index contributed by atoms with van der Waals surface area (Å²) in [5.74, 6) is 1.02. The quantitative estimate of drug-likeness (QED) is 0.852. The van der Waals surface area contributed by atoms with E-state index in [9.17, 15) is 9.59 Å². The smallest absolute Gasteiger partial charge is 0.217 e. The molecule has 0 saturated carbocycles. The van der Waals surface area contributed by atoms with Crippen molar-refractivity contribution in [3.05, 3.63) is 29.3 Å². The standard InChI is InChI=1S/C12H13NO2S/c1-8(14)13-7-9-2-3-12-10(6-9)11(15)4-5-16-12/h2-3,6H,4-5,7H2,1H3,(H,13,14). The van der Waals surface area contributed by atoms with Crippen molar-refractivity contribution in [3.63, 3.8) is 0 Å². The molecule has 84 valence electrons. The molecule has 1 aliphatic heterocycles. The van der Waals surface area contributed by atoms with Crippen LogP contribution in [0.3, 0.4) is 0 Å². The van der Waals surface area contributed by atoms with Gasteiger partial charge in [0.15, 0.2) is 5.78 Å². The zero-order valence-electron chi connectivity index (χ0n) is 9.08. The number of nitrogens with one attached hydrogen (secondary N) is 1. The van der Waals surface area contributed by atoms with Gasteiger partial charge in [-0.15, -0.1) is 11.8 Å². The molecule has 0 radical (unpaired) electrons. The Balaban J connectivity index is 2.20. The van der Waals surface area contributed by atoms with Crippen molar-refractivity contribution in [1.29, 1.82) is 0 Å². The molecule has 0 atom stereocenters. The molecule has 3 nitrogen and oxygen atoms in total. The predicted molar refractivity (Wildman–Crippen MR) is 63.6 cm³/mol. The third kappa shape index (κ3) is 2.44. The molecule has 1 aliphatic rings. The molecule has 0 bridgehead atoms. The van der Waals surface area contributed by atoms with Crippen LogP contribution in [0.4, 0.5) is 0 Å². The Morgan fingerprint density at radius 1 is 1.50 bits per heavy atom. The molecule has 2 rings (SSSR count). The van der Waals surface area contributed by atoms with Gasteiger partial charge in [-0.1, -0.05) is 6.07 Å². The third-order valence-electron chi connectivity index (χ3n) is 2.47. The van der Waals surface area contributed by atoms with Gasteiger partial charge >= 0.3 is 0 Å². The summed E-state index contributed by atoms with van der Waals surface area (Å²) in [6.45, 7) is 1.97. The zero-order valence-corrected chi connectivity index (χ0v) is 9.89. The number of carbonyl (C=O) groups excluding carboxylic acids is 2. The van der Waals surface area contributed by atoms with E-state index in [4.69, 9.17) is 0 Å². The zero-order chi connectivity index (χ0) is 11.5. The minimum absolute atomic E-state index is 0.0570. The van der Waals surface area contributed by atoms with Gasteiger partial charge in [0.2, 0.25) is 5.91 Å². The van der Waals surface area contributed by atoms with Crippen LogP contribution < -0.4 is 5.32 Å². The van der Waals surface area contributed by atoms with Gasteiger partial charge in [-0.05, 0) is 17.7 Å². The van der Waals surface area contributed by atoms with E-state index >= 15 is 0 Å². The average Bonchev–Trinajstić information content (AvgIpc) is 2.27. The number of ketones is 1. The number of hydrogen-bond donors (Lipinski definition) is 1. The number of rotatable bonds is 2. The molecule has 1 aromatic rings. The lowest BCUT2D eigenvalue weighted by atomic mass is 10.0. The molecule has 4 heteroatoms. The molecule has 0 saturated heterocycles. The molecule has 0 spiro atoms. The van der Waals surface area contributed by atoms with Gasteiger partial charge in [-0.3, -0.25) is 9.59 Å². The normalized spacial score (nSPS) is 14.4. The fourth-order valence-corrected chi connectivity index (χ4v) is 2.65. The number of carbonyl (C=O) groups is 2. The van der Waals surface area contributed by atoms with Crippen molar-refractivity contribution < 1.29 is 9.59 Å². The maximum absolute atomic E-state index is 11.7. The molecular formula is C12H13NO2S. The Hall–Kier alpha value is -1.29. The Kier molecular flexibility index (Phi) is 3.29. The minimum Gasteiger partial charge on any atom is -0.352 e. The lowest BCUT2D eigenvalue weighted by molar-refractivity contribution is -0.119. The maximum Gasteiger partial charge on any atom is 0.217 e. The Labute approximate surface area is 98.6 Å². The van der Waals surface area contributed by atoms with E-state index < -0.39 is 0 Å². The molecule has 0 fully saturated rings. The highest BCUT2D eigenvalue weighted by Gasteiger charge is 2.17. The van der Waals surface area contributed by atoms with E-state index in [0.29, 0.717) is 13.0 Å². The number of thioether (sulfide) groups is 1. The van der Waals surface area contributed by atoms with Gasteiger partial charge < -0.3 is 5.32 Å². The van der Waals surface area contributed by atoms with Crippen LogP contribution in [-0.4, -0.2) is 17.4 Å². The largest absolute Gasteiger partial charge is 0.352 e. The van der Waals surface area contributed by atoms with Gasteiger partial charge in [0.25, 0.3) is 0 Å². The first-order valence-corrected chi connectivity index (χ1v) is 6.19. The summed E-state index contributed by atoms with van der Waals surface area (Å²) in [6, 6.07) is 5.81. The number of amides is 1. The van der Waals surface area contributed by atoms with Gasteiger partial charge in [0.05, 0.1) is 0 Å². The molecule has 0 unspecified atom stereocenters. The summed E-state index contributed by atoms with van der Waals surface area (Å²) in [4.78, 5) is 23.5. The Morgan fingerprint density at radius 2 is 2.31 bits per heavy atom. The van der Waals surface area contributed by atoms with Crippen LogP contribution in [0.15, 0.2) is 23.1 Å². The predicted octanol–water partition coefficient (Wildman–Crippen LogP) is 2.00. The first-order chi connectivity index (χ1) is 7.66. The van der Waals surface area contributed by atoms with Crippen LogP contribution in [-0.2, 0) is 11.3 Å². The topological polar surface area (TPSA) is 46.2 Å². The van der Waals surface area contributed by atoms with Crippen LogP contribution in [0, 0.1) is 0 Å². The fourth-order valence-electron chi connectivity index (χ4n) is 1.65. The lowest BCUT2D eigenvalue weighted by Crippen LogP contribution is -2.19. The lowest BCUT2D eigenvalue weighted by Gasteiger charge is -2.15. The highest BCUT2D eigenvalue weighted by Crippen LogP contribution is 2.30. The van der Waals surface area contributed by atoms with E-state index in [2.05, 4.69) is 5.32 Å². The molecule has 1 amide bonds. The Bertz CT molecular complexity index is 443. The van der Waals surface area contributed by atoms with Crippen molar-refractivity contribution in [2.75, 3.05) is 5.75 Å². The van der Waals surface area contributed by atoms with Crippen LogP contribution in [0.1, 0.15) is 29.3 Å². The average molecular weight is 235 g/mol. The second-order valence-corrected chi connectivity index (χ2v) is 4.90. The molecule has 1 aromatic carbocycles. The second-order valence-electron chi connectivity index (χ2n) is 3.76. The molecule has 1 N–H and O–H groups in total. The maximum atomic E-state index is 11.7. The van der Waals surface area contributed by atoms with Crippen molar-refractivity contribution in [3.8, 4) is 0 Å². The summed E-state index contributed by atoms with van der Waals surface area (Å²) in [7, 11) is 0. The fraction of sp³-hybridized carbons (Fsp3) is 0.333. The summed E-state index contributed by atoms with van der Waals surface area (Å²) in [5.41, 5.74) is 1.78. The van der Waals surface area contributed by atoms with Crippen LogP contribution >= 0.6 is 11.8 Å². The van der Waals surface area contributed by atoms with E-state index in [0.717, 1.165) is 21.8 Å². The van der Waals surface area contributed by atoms with E-state index in [1.54, 1.807) is 11.8 Å². The molecular weight excluding hydrogens is 222 g/mol. The van der Waals surface area contributed by atoms with Gasteiger partial charge in [-0.2, -0.15) is 0 Å². The van der Waals surface area contributed by atoms with Crippen molar-refractivity contribution in [1.82, 2.24) is 5.32 Å². The van der Waals surface area contributed by atoms with E-state index in [-0.39, 0.29) is 11.7 Å². The van der Waals surface area contributed by atoms with E-state index in [1.165, 1.54) is 6.92 Å². The monoisotopic (exact) mass is 235 g/mol. The molecule has 1 heterocycles. The highest BCUT2D eigenvalue weighted by molar-refractivity contribution is 7.99. The van der Waals surface area contributed by atoms with Gasteiger partial charge in [-0.25, -0.2) is 0 Å².